The average Bonchev–Trinajstić information content (AvgIpc) is 2.12. The Hall–Kier alpha value is -0.0400. The van der Waals surface area contributed by atoms with Crippen molar-refractivity contribution in [1.29, 1.82) is 0 Å². The standard InChI is InChI=1S/C13H29N/c1-5-8-13(9-6-2)14-11-7-10-12(3)4/h12-14H,5-11H2,1-4H3. The molecule has 0 radical (unpaired) electrons. The summed E-state index contributed by atoms with van der Waals surface area (Å²) in [6.07, 6.45) is 7.99. The zero-order valence-electron chi connectivity index (χ0n) is 10.6. The van der Waals surface area contributed by atoms with Gasteiger partial charge in [0, 0.05) is 6.04 Å². The predicted octanol–water partition coefficient (Wildman–Crippen LogP) is 3.98. The van der Waals surface area contributed by atoms with E-state index >= 15 is 0 Å². The lowest BCUT2D eigenvalue weighted by Gasteiger charge is -2.17. The zero-order chi connectivity index (χ0) is 10.8. The molecule has 1 N–H and O–H groups in total. The molecule has 0 bridgehead atoms. The van der Waals surface area contributed by atoms with Gasteiger partial charge in [-0.25, -0.2) is 0 Å². The normalized spacial score (nSPS) is 11.6. The van der Waals surface area contributed by atoms with E-state index in [1.807, 2.05) is 0 Å². The second-order valence-corrected chi connectivity index (χ2v) is 4.76. The number of rotatable bonds is 9. The third-order valence-corrected chi connectivity index (χ3v) is 2.67. The maximum Gasteiger partial charge on any atom is 0.00668 e. The molecule has 0 aromatic carbocycles. The van der Waals surface area contributed by atoms with E-state index in [0.29, 0.717) is 0 Å². The summed E-state index contributed by atoms with van der Waals surface area (Å²) < 4.78 is 0. The van der Waals surface area contributed by atoms with E-state index in [-0.39, 0.29) is 0 Å². The molecule has 0 aliphatic rings. The van der Waals surface area contributed by atoms with Crippen LogP contribution in [0.2, 0.25) is 0 Å². The van der Waals surface area contributed by atoms with Crippen molar-refractivity contribution < 1.29 is 0 Å². The van der Waals surface area contributed by atoms with E-state index in [2.05, 4.69) is 33.0 Å². The van der Waals surface area contributed by atoms with Gasteiger partial charge in [-0.1, -0.05) is 40.5 Å². The van der Waals surface area contributed by atoms with Gasteiger partial charge in [-0.2, -0.15) is 0 Å². The molecule has 0 aliphatic heterocycles. The van der Waals surface area contributed by atoms with Gasteiger partial charge in [0.05, 0.1) is 0 Å². The van der Waals surface area contributed by atoms with Gasteiger partial charge < -0.3 is 5.32 Å². The molecule has 0 aromatic rings. The van der Waals surface area contributed by atoms with E-state index < -0.39 is 0 Å². The highest BCUT2D eigenvalue weighted by atomic mass is 14.9. The Bertz CT molecular complexity index is 104. The first-order valence-electron chi connectivity index (χ1n) is 6.44. The Morgan fingerprint density at radius 2 is 1.50 bits per heavy atom. The van der Waals surface area contributed by atoms with E-state index in [1.165, 1.54) is 45.1 Å². The van der Waals surface area contributed by atoms with Gasteiger partial charge in [0.25, 0.3) is 0 Å². The van der Waals surface area contributed by atoms with Crippen LogP contribution in [0.25, 0.3) is 0 Å². The lowest BCUT2D eigenvalue weighted by molar-refractivity contribution is 0.426. The summed E-state index contributed by atoms with van der Waals surface area (Å²) in [7, 11) is 0. The smallest absolute Gasteiger partial charge is 0.00668 e. The molecule has 0 heterocycles. The lowest BCUT2D eigenvalue weighted by atomic mass is 10.1. The number of hydrogen-bond acceptors (Lipinski definition) is 1. The van der Waals surface area contributed by atoms with Crippen LogP contribution in [-0.2, 0) is 0 Å². The third-order valence-electron chi connectivity index (χ3n) is 2.67. The molecule has 0 aromatic heterocycles. The molecule has 1 nitrogen and oxygen atoms in total. The Morgan fingerprint density at radius 1 is 0.929 bits per heavy atom. The quantitative estimate of drug-likeness (QED) is 0.554. The largest absolute Gasteiger partial charge is 0.314 e. The molecule has 0 saturated carbocycles. The molecule has 86 valence electrons. The molecule has 0 spiro atoms. The molecule has 0 rings (SSSR count). The fourth-order valence-electron chi connectivity index (χ4n) is 1.86. The molecular formula is C13H29N. The predicted molar refractivity (Wildman–Crippen MR) is 65.7 cm³/mol. The van der Waals surface area contributed by atoms with Gasteiger partial charge in [0.2, 0.25) is 0 Å². The van der Waals surface area contributed by atoms with Crippen LogP contribution in [0.3, 0.4) is 0 Å². The highest BCUT2D eigenvalue weighted by Gasteiger charge is 2.04. The lowest BCUT2D eigenvalue weighted by Crippen LogP contribution is -2.29. The first-order chi connectivity index (χ1) is 6.70. The molecule has 0 aliphatic carbocycles. The minimum absolute atomic E-state index is 0.775. The Kier molecular flexibility index (Phi) is 9.49. The molecule has 14 heavy (non-hydrogen) atoms. The second kappa shape index (κ2) is 9.51. The summed E-state index contributed by atoms with van der Waals surface area (Å²) in [5, 5.41) is 3.68. The van der Waals surface area contributed by atoms with Gasteiger partial charge in [0.1, 0.15) is 0 Å². The SMILES string of the molecule is CCCC(CCC)NCCCC(C)C. The van der Waals surface area contributed by atoms with Crippen LogP contribution >= 0.6 is 0 Å². The van der Waals surface area contributed by atoms with Gasteiger partial charge in [-0.15, -0.1) is 0 Å². The Labute approximate surface area is 90.7 Å². The summed E-state index contributed by atoms with van der Waals surface area (Å²) in [4.78, 5) is 0. The van der Waals surface area contributed by atoms with Crippen LogP contribution in [-0.4, -0.2) is 12.6 Å². The molecule has 0 atom stereocenters. The van der Waals surface area contributed by atoms with Crippen molar-refractivity contribution >= 4 is 0 Å². The third kappa shape index (κ3) is 8.55. The van der Waals surface area contributed by atoms with Crippen LogP contribution in [0.1, 0.15) is 66.2 Å². The summed E-state index contributed by atoms with van der Waals surface area (Å²) in [6, 6.07) is 0.775. The van der Waals surface area contributed by atoms with Crippen LogP contribution in [0.4, 0.5) is 0 Å². The Balaban J connectivity index is 3.40. The van der Waals surface area contributed by atoms with E-state index in [4.69, 9.17) is 0 Å². The minimum Gasteiger partial charge on any atom is -0.314 e. The fourth-order valence-corrected chi connectivity index (χ4v) is 1.86. The molecule has 1 heteroatoms. The van der Waals surface area contributed by atoms with Crippen LogP contribution in [0.5, 0.6) is 0 Å². The number of nitrogens with one attached hydrogen (secondary N) is 1. The first kappa shape index (κ1) is 14.0. The fraction of sp³-hybridized carbons (Fsp3) is 1.00. The Morgan fingerprint density at radius 3 is 1.93 bits per heavy atom. The maximum atomic E-state index is 3.68. The second-order valence-electron chi connectivity index (χ2n) is 4.76. The van der Waals surface area contributed by atoms with Crippen molar-refractivity contribution in [3.05, 3.63) is 0 Å². The van der Waals surface area contributed by atoms with E-state index in [1.54, 1.807) is 0 Å². The van der Waals surface area contributed by atoms with Gasteiger partial charge in [-0.05, 0) is 38.1 Å². The molecular weight excluding hydrogens is 170 g/mol. The topological polar surface area (TPSA) is 12.0 Å². The molecule has 0 saturated heterocycles. The molecule has 0 fully saturated rings. The summed E-state index contributed by atoms with van der Waals surface area (Å²) in [6.45, 7) is 10.4. The minimum atomic E-state index is 0.775. The average molecular weight is 199 g/mol. The van der Waals surface area contributed by atoms with E-state index in [0.717, 1.165) is 12.0 Å². The van der Waals surface area contributed by atoms with E-state index in [9.17, 15) is 0 Å². The van der Waals surface area contributed by atoms with Gasteiger partial charge >= 0.3 is 0 Å². The first-order valence-corrected chi connectivity index (χ1v) is 6.44. The van der Waals surface area contributed by atoms with Crippen molar-refractivity contribution in [2.24, 2.45) is 5.92 Å². The monoisotopic (exact) mass is 199 g/mol. The summed E-state index contributed by atoms with van der Waals surface area (Å²) >= 11 is 0. The molecule has 0 unspecified atom stereocenters. The zero-order valence-corrected chi connectivity index (χ0v) is 10.6. The molecule has 0 amide bonds. The maximum absolute atomic E-state index is 3.68. The number of hydrogen-bond donors (Lipinski definition) is 1. The van der Waals surface area contributed by atoms with Crippen LogP contribution in [0.15, 0.2) is 0 Å². The van der Waals surface area contributed by atoms with Crippen LogP contribution < -0.4 is 5.32 Å². The van der Waals surface area contributed by atoms with Crippen molar-refractivity contribution in [2.75, 3.05) is 6.54 Å². The van der Waals surface area contributed by atoms with Crippen molar-refractivity contribution in [2.45, 2.75) is 72.3 Å². The summed E-state index contributed by atoms with van der Waals surface area (Å²) in [5.41, 5.74) is 0. The highest BCUT2D eigenvalue weighted by molar-refractivity contribution is 4.65. The summed E-state index contributed by atoms with van der Waals surface area (Å²) in [5.74, 6) is 0.854. The van der Waals surface area contributed by atoms with Crippen molar-refractivity contribution in [1.82, 2.24) is 5.32 Å². The van der Waals surface area contributed by atoms with Crippen LogP contribution in [0, 0.1) is 5.92 Å². The highest BCUT2D eigenvalue weighted by Crippen LogP contribution is 2.06. The van der Waals surface area contributed by atoms with Gasteiger partial charge in [-0.3, -0.25) is 0 Å². The van der Waals surface area contributed by atoms with Crippen molar-refractivity contribution in [3.63, 3.8) is 0 Å². The van der Waals surface area contributed by atoms with Gasteiger partial charge in [0.15, 0.2) is 0 Å². The van der Waals surface area contributed by atoms with Crippen molar-refractivity contribution in [3.8, 4) is 0 Å².